The smallest absolute Gasteiger partial charge is 0.377 e. The van der Waals surface area contributed by atoms with Crippen molar-refractivity contribution in [3.63, 3.8) is 0 Å². The first-order valence-electron chi connectivity index (χ1n) is 9.16. The van der Waals surface area contributed by atoms with Gasteiger partial charge in [-0.2, -0.15) is 0 Å². The van der Waals surface area contributed by atoms with Gasteiger partial charge in [-0.15, -0.1) is 0 Å². The van der Waals surface area contributed by atoms with Crippen molar-refractivity contribution in [2.75, 3.05) is 19.8 Å². The zero-order chi connectivity index (χ0) is 20.5. The van der Waals surface area contributed by atoms with Gasteiger partial charge in [0.1, 0.15) is 13.2 Å². The number of nitrogens with zero attached hydrogens (tertiary/aromatic N) is 2. The normalized spacial score (nSPS) is 12.7. The van der Waals surface area contributed by atoms with Gasteiger partial charge in [0.2, 0.25) is 11.5 Å². The molecular formula is C21H20N2O6. The number of hydrogen-bond acceptors (Lipinski definition) is 7. The fraction of sp³-hybridized carbons (Fsp3) is 0.286. The van der Waals surface area contributed by atoms with Crippen LogP contribution in [0.25, 0.3) is 5.69 Å². The maximum absolute atomic E-state index is 12.7. The summed E-state index contributed by atoms with van der Waals surface area (Å²) in [6.07, 6.45) is 0. The second-order valence-electron chi connectivity index (χ2n) is 6.78. The summed E-state index contributed by atoms with van der Waals surface area (Å²) in [4.78, 5) is 24.6. The quantitative estimate of drug-likeness (QED) is 0.483. The molecule has 0 saturated carbocycles. The molecule has 150 valence electrons. The van der Waals surface area contributed by atoms with Gasteiger partial charge in [-0.05, 0) is 39.0 Å². The Morgan fingerprint density at radius 2 is 1.83 bits per heavy atom. The number of Topliss-reactive ketones (excluding diaryl/α,β-unsaturated/α-hetero) is 1. The molecule has 3 aromatic rings. The number of ether oxygens (including phenoxy) is 3. The third-order valence-electron chi connectivity index (χ3n) is 4.68. The molecule has 0 N–H and O–H groups in total. The summed E-state index contributed by atoms with van der Waals surface area (Å²) in [7, 11) is 0. The number of hydrogen-bond donors (Lipinski definition) is 0. The molecular weight excluding hydrogens is 376 g/mol. The minimum Gasteiger partial charge on any atom is -0.486 e. The van der Waals surface area contributed by atoms with E-state index in [0.717, 1.165) is 17.1 Å². The van der Waals surface area contributed by atoms with E-state index in [1.807, 2.05) is 36.6 Å². The average Bonchev–Trinajstić information content (AvgIpc) is 3.28. The van der Waals surface area contributed by atoms with E-state index in [-0.39, 0.29) is 18.2 Å². The van der Waals surface area contributed by atoms with Crippen LogP contribution in [-0.4, -0.2) is 41.3 Å². The zero-order valence-corrected chi connectivity index (χ0v) is 16.4. The largest absolute Gasteiger partial charge is 0.486 e. The van der Waals surface area contributed by atoms with E-state index >= 15 is 0 Å². The Morgan fingerprint density at radius 3 is 2.55 bits per heavy atom. The molecule has 1 aliphatic rings. The minimum absolute atomic E-state index is 0.0305. The number of esters is 1. The molecule has 8 heteroatoms. The Kier molecular flexibility index (Phi) is 4.84. The van der Waals surface area contributed by atoms with Gasteiger partial charge in [0, 0.05) is 34.8 Å². The van der Waals surface area contributed by atoms with Crippen molar-refractivity contribution in [3.05, 3.63) is 58.7 Å². The predicted octanol–water partition coefficient (Wildman–Crippen LogP) is 3.20. The maximum Gasteiger partial charge on any atom is 0.377 e. The molecule has 0 radical (unpaired) electrons. The molecule has 0 atom stereocenters. The lowest BCUT2D eigenvalue weighted by atomic mass is 10.1. The maximum atomic E-state index is 12.7. The molecule has 0 bridgehead atoms. The van der Waals surface area contributed by atoms with Crippen molar-refractivity contribution in [1.82, 2.24) is 9.72 Å². The first-order valence-corrected chi connectivity index (χ1v) is 9.16. The Bertz CT molecular complexity index is 1090. The molecule has 4 rings (SSSR count). The number of aryl methyl sites for hydroxylation is 2. The van der Waals surface area contributed by atoms with Crippen LogP contribution >= 0.6 is 0 Å². The van der Waals surface area contributed by atoms with Crippen LogP contribution in [0.15, 0.2) is 34.9 Å². The molecule has 0 amide bonds. The van der Waals surface area contributed by atoms with Crippen LogP contribution in [0.1, 0.15) is 38.0 Å². The summed E-state index contributed by atoms with van der Waals surface area (Å²) in [6, 6.07) is 8.88. The van der Waals surface area contributed by atoms with Crippen LogP contribution in [0.5, 0.6) is 11.5 Å². The molecule has 29 heavy (non-hydrogen) atoms. The van der Waals surface area contributed by atoms with Gasteiger partial charge in [0.05, 0.1) is 5.69 Å². The molecule has 1 aliphatic heterocycles. The molecule has 0 saturated heterocycles. The van der Waals surface area contributed by atoms with Gasteiger partial charge in [-0.1, -0.05) is 5.16 Å². The fourth-order valence-corrected chi connectivity index (χ4v) is 3.35. The number of carbonyl (C=O) groups is 2. The zero-order valence-electron chi connectivity index (χ0n) is 16.4. The molecule has 0 spiro atoms. The van der Waals surface area contributed by atoms with E-state index in [1.54, 1.807) is 13.0 Å². The lowest BCUT2D eigenvalue weighted by molar-refractivity contribution is 0.0435. The monoisotopic (exact) mass is 396 g/mol. The lowest BCUT2D eigenvalue weighted by Gasteiger charge is -2.20. The highest BCUT2D eigenvalue weighted by Gasteiger charge is 2.21. The molecule has 2 aromatic heterocycles. The number of fused-ring (bicyclic) bond motifs is 1. The van der Waals surface area contributed by atoms with Crippen molar-refractivity contribution in [3.8, 4) is 17.2 Å². The Balaban J connectivity index is 1.54. The SMILES string of the molecule is Cc1cc(C(=O)OCC(=O)c2cc(C)n(-c3ccc4c(c3)OCCO4)c2C)on1. The van der Waals surface area contributed by atoms with Gasteiger partial charge in [0.25, 0.3) is 0 Å². The first-order chi connectivity index (χ1) is 13.9. The number of benzene rings is 1. The number of ketones is 1. The summed E-state index contributed by atoms with van der Waals surface area (Å²) in [6.45, 7) is 6.09. The van der Waals surface area contributed by atoms with Crippen LogP contribution in [0.4, 0.5) is 0 Å². The lowest BCUT2D eigenvalue weighted by Crippen LogP contribution is -2.16. The standard InChI is InChI=1S/C21H20N2O6/c1-12-8-20(29-22-12)21(25)28-11-17(24)16-9-13(2)23(14(16)3)15-4-5-18-19(10-15)27-7-6-26-18/h4-5,8-10H,6-7,11H2,1-3H3. The van der Waals surface area contributed by atoms with Gasteiger partial charge < -0.3 is 23.3 Å². The third kappa shape index (κ3) is 3.61. The highest BCUT2D eigenvalue weighted by Crippen LogP contribution is 2.33. The minimum atomic E-state index is -0.723. The molecule has 0 aliphatic carbocycles. The van der Waals surface area contributed by atoms with Crippen molar-refractivity contribution in [2.24, 2.45) is 0 Å². The highest BCUT2D eigenvalue weighted by molar-refractivity contribution is 6.00. The van der Waals surface area contributed by atoms with E-state index in [9.17, 15) is 9.59 Å². The van der Waals surface area contributed by atoms with Crippen molar-refractivity contribution in [1.29, 1.82) is 0 Å². The van der Waals surface area contributed by atoms with E-state index in [1.165, 1.54) is 6.07 Å². The van der Waals surface area contributed by atoms with E-state index in [4.69, 9.17) is 18.7 Å². The number of rotatable bonds is 5. The number of carbonyl (C=O) groups excluding carboxylic acids is 2. The van der Waals surface area contributed by atoms with Crippen LogP contribution in [0.3, 0.4) is 0 Å². The van der Waals surface area contributed by atoms with E-state index < -0.39 is 5.97 Å². The molecule has 0 unspecified atom stereocenters. The first kappa shape index (κ1) is 18.8. The van der Waals surface area contributed by atoms with E-state index in [0.29, 0.717) is 36.0 Å². The second-order valence-corrected chi connectivity index (χ2v) is 6.78. The van der Waals surface area contributed by atoms with E-state index in [2.05, 4.69) is 5.16 Å². The summed E-state index contributed by atoms with van der Waals surface area (Å²) in [5.74, 6) is 0.321. The Hall–Kier alpha value is -3.55. The number of aromatic nitrogens is 2. The van der Waals surface area contributed by atoms with Crippen LogP contribution in [0.2, 0.25) is 0 Å². The summed E-state index contributed by atoms with van der Waals surface area (Å²) in [5.41, 5.74) is 3.53. The predicted molar refractivity (Wildman–Crippen MR) is 102 cm³/mol. The second kappa shape index (κ2) is 7.46. The third-order valence-corrected chi connectivity index (χ3v) is 4.68. The van der Waals surface area contributed by atoms with Crippen LogP contribution in [-0.2, 0) is 4.74 Å². The summed E-state index contributed by atoms with van der Waals surface area (Å²) in [5, 5.41) is 3.63. The van der Waals surface area contributed by atoms with Crippen molar-refractivity contribution in [2.45, 2.75) is 20.8 Å². The summed E-state index contributed by atoms with van der Waals surface area (Å²) < 4.78 is 23.1. The van der Waals surface area contributed by atoms with Crippen molar-refractivity contribution >= 4 is 11.8 Å². The average molecular weight is 396 g/mol. The Labute approximate surface area is 167 Å². The van der Waals surface area contributed by atoms with Gasteiger partial charge >= 0.3 is 5.97 Å². The molecule has 1 aromatic carbocycles. The van der Waals surface area contributed by atoms with Crippen LogP contribution < -0.4 is 9.47 Å². The summed E-state index contributed by atoms with van der Waals surface area (Å²) >= 11 is 0. The molecule has 8 nitrogen and oxygen atoms in total. The van der Waals surface area contributed by atoms with Gasteiger partial charge in [0.15, 0.2) is 18.1 Å². The topological polar surface area (TPSA) is 92.8 Å². The Morgan fingerprint density at radius 1 is 1.07 bits per heavy atom. The highest BCUT2D eigenvalue weighted by atomic mass is 16.6. The fourth-order valence-electron chi connectivity index (χ4n) is 3.35. The van der Waals surface area contributed by atoms with Crippen molar-refractivity contribution < 1.29 is 28.3 Å². The van der Waals surface area contributed by atoms with Gasteiger partial charge in [-0.25, -0.2) is 4.79 Å². The van der Waals surface area contributed by atoms with Crippen LogP contribution in [0, 0.1) is 20.8 Å². The van der Waals surface area contributed by atoms with Gasteiger partial charge in [-0.3, -0.25) is 4.79 Å². The molecule has 0 fully saturated rings. The molecule has 3 heterocycles.